The highest BCUT2D eigenvalue weighted by Crippen LogP contribution is 2.50. The Morgan fingerprint density at radius 1 is 0.593 bits per heavy atom. The van der Waals surface area contributed by atoms with Crippen molar-refractivity contribution in [2.45, 2.75) is 116 Å². The molecular formula is C25H42F2. The molecule has 0 aliphatic heterocycles. The third-order valence-corrected chi connectivity index (χ3v) is 9.39. The molecule has 4 rings (SSSR count). The third kappa shape index (κ3) is 4.55. The maximum absolute atomic E-state index is 14.2. The van der Waals surface area contributed by atoms with Gasteiger partial charge >= 0.3 is 0 Å². The van der Waals surface area contributed by atoms with Crippen LogP contribution in [0, 0.1) is 41.4 Å². The molecule has 27 heavy (non-hydrogen) atoms. The molecule has 0 aromatic rings. The summed E-state index contributed by atoms with van der Waals surface area (Å²) in [6, 6.07) is 0. The molecule has 0 nitrogen and oxygen atoms in total. The van der Waals surface area contributed by atoms with Crippen molar-refractivity contribution in [1.29, 1.82) is 0 Å². The second-order valence-corrected chi connectivity index (χ2v) is 10.8. The van der Waals surface area contributed by atoms with Gasteiger partial charge in [0.05, 0.1) is 0 Å². The highest BCUT2D eigenvalue weighted by molar-refractivity contribution is 4.94. The molecule has 4 saturated carbocycles. The predicted molar refractivity (Wildman–Crippen MR) is 109 cm³/mol. The maximum Gasteiger partial charge on any atom is 0.134 e. The second kappa shape index (κ2) is 9.12. The first-order chi connectivity index (χ1) is 13.2. The Labute approximate surface area is 166 Å². The summed E-state index contributed by atoms with van der Waals surface area (Å²) < 4.78 is 28.0. The van der Waals surface area contributed by atoms with Crippen LogP contribution in [0.4, 0.5) is 8.78 Å². The van der Waals surface area contributed by atoms with Crippen LogP contribution in [0.3, 0.4) is 0 Å². The Bertz CT molecular complexity index is 447. The van der Waals surface area contributed by atoms with Crippen LogP contribution in [0.2, 0.25) is 0 Å². The van der Waals surface area contributed by atoms with Crippen LogP contribution >= 0.6 is 0 Å². The lowest BCUT2D eigenvalue weighted by molar-refractivity contribution is -0.0185. The first kappa shape index (κ1) is 20.1. The van der Waals surface area contributed by atoms with Gasteiger partial charge in [-0.2, -0.15) is 0 Å². The van der Waals surface area contributed by atoms with E-state index in [0.29, 0.717) is 12.3 Å². The summed E-state index contributed by atoms with van der Waals surface area (Å²) in [5.74, 6) is 5.27. The zero-order valence-corrected chi connectivity index (χ0v) is 17.6. The van der Waals surface area contributed by atoms with Crippen molar-refractivity contribution in [1.82, 2.24) is 0 Å². The number of halogens is 2. The first-order valence-corrected chi connectivity index (χ1v) is 12.4. The molecule has 0 saturated heterocycles. The molecule has 0 heterocycles. The number of fused-ring (bicyclic) bond motifs is 1. The number of alkyl halides is 2. The molecule has 0 amide bonds. The molecule has 156 valence electrons. The van der Waals surface area contributed by atoms with Gasteiger partial charge in [-0.25, -0.2) is 8.78 Å². The Morgan fingerprint density at radius 3 is 1.74 bits per heavy atom. The van der Waals surface area contributed by atoms with E-state index < -0.39 is 12.3 Å². The second-order valence-electron chi connectivity index (χ2n) is 10.8. The molecule has 0 N–H and O–H groups in total. The van der Waals surface area contributed by atoms with E-state index in [1.807, 2.05) is 0 Å². The fourth-order valence-electron chi connectivity index (χ4n) is 7.75. The van der Waals surface area contributed by atoms with Crippen LogP contribution in [0.1, 0.15) is 103 Å². The molecule has 5 atom stereocenters. The lowest BCUT2D eigenvalue weighted by atomic mass is 9.60. The monoisotopic (exact) mass is 380 g/mol. The summed E-state index contributed by atoms with van der Waals surface area (Å²) in [4.78, 5) is 0. The van der Waals surface area contributed by atoms with Gasteiger partial charge in [0, 0.05) is 0 Å². The Balaban J connectivity index is 1.22. The zero-order valence-electron chi connectivity index (χ0n) is 17.6. The summed E-state index contributed by atoms with van der Waals surface area (Å²) in [6.45, 7) is 2.33. The molecule has 2 heteroatoms. The fourth-order valence-corrected chi connectivity index (χ4v) is 7.75. The minimum atomic E-state index is -1.18. The van der Waals surface area contributed by atoms with E-state index >= 15 is 0 Å². The average Bonchev–Trinajstić information content (AvgIpc) is 2.72. The van der Waals surface area contributed by atoms with Crippen LogP contribution in [-0.2, 0) is 0 Å². The normalized spacial score (nSPS) is 48.8. The lowest BCUT2D eigenvalue weighted by Crippen LogP contribution is -2.42. The molecule has 4 aliphatic carbocycles. The molecule has 5 unspecified atom stereocenters. The Kier molecular flexibility index (Phi) is 6.81. The third-order valence-electron chi connectivity index (χ3n) is 9.39. The van der Waals surface area contributed by atoms with Crippen molar-refractivity contribution >= 4 is 0 Å². The average molecular weight is 381 g/mol. The van der Waals surface area contributed by atoms with E-state index in [4.69, 9.17) is 0 Å². The van der Waals surface area contributed by atoms with Gasteiger partial charge < -0.3 is 0 Å². The van der Waals surface area contributed by atoms with Crippen LogP contribution in [0.25, 0.3) is 0 Å². The molecule has 4 fully saturated rings. The van der Waals surface area contributed by atoms with E-state index in [2.05, 4.69) is 6.92 Å². The van der Waals surface area contributed by atoms with Crippen LogP contribution in [-0.4, -0.2) is 12.3 Å². The summed E-state index contributed by atoms with van der Waals surface area (Å²) in [5.41, 5.74) is 0. The minimum Gasteiger partial charge on any atom is -0.244 e. The van der Waals surface area contributed by atoms with Crippen LogP contribution in [0.5, 0.6) is 0 Å². The van der Waals surface area contributed by atoms with Crippen molar-refractivity contribution in [3.8, 4) is 0 Å². The van der Waals surface area contributed by atoms with Gasteiger partial charge in [-0.3, -0.25) is 0 Å². The SMILES string of the molecule is CCCC1CCC(C2CCC(C3CCC4C(CCC(F)C4F)C3)CC2)CC1. The number of hydrogen-bond acceptors (Lipinski definition) is 0. The van der Waals surface area contributed by atoms with Gasteiger partial charge in [-0.1, -0.05) is 32.6 Å². The van der Waals surface area contributed by atoms with Crippen LogP contribution < -0.4 is 0 Å². The molecular weight excluding hydrogens is 338 g/mol. The number of hydrogen-bond donors (Lipinski definition) is 0. The summed E-state index contributed by atoms with van der Waals surface area (Å²) in [7, 11) is 0. The van der Waals surface area contributed by atoms with E-state index in [0.717, 1.165) is 42.4 Å². The highest BCUT2D eigenvalue weighted by Gasteiger charge is 2.44. The van der Waals surface area contributed by atoms with Gasteiger partial charge in [0.1, 0.15) is 12.3 Å². The smallest absolute Gasteiger partial charge is 0.134 e. The van der Waals surface area contributed by atoms with Gasteiger partial charge in [0.15, 0.2) is 0 Å². The minimum absolute atomic E-state index is 0.0413. The van der Waals surface area contributed by atoms with E-state index in [-0.39, 0.29) is 5.92 Å². The molecule has 0 spiro atoms. The van der Waals surface area contributed by atoms with Gasteiger partial charge in [0.25, 0.3) is 0 Å². The topological polar surface area (TPSA) is 0 Å². The summed E-state index contributed by atoms with van der Waals surface area (Å²) in [5, 5.41) is 0. The standard InChI is InChI=1S/C25H42F2/c1-2-3-17-4-6-18(7-5-17)19-8-10-20(11-9-19)21-12-14-23-22(16-21)13-15-24(26)25(23)27/h17-25H,2-16H2,1H3. The van der Waals surface area contributed by atoms with Gasteiger partial charge in [0.2, 0.25) is 0 Å². The zero-order chi connectivity index (χ0) is 18.8. The Hall–Kier alpha value is -0.140. The largest absolute Gasteiger partial charge is 0.244 e. The Morgan fingerprint density at radius 2 is 1.11 bits per heavy atom. The van der Waals surface area contributed by atoms with E-state index in [9.17, 15) is 8.78 Å². The fraction of sp³-hybridized carbons (Fsp3) is 1.00. The number of rotatable bonds is 4. The molecule has 0 aromatic carbocycles. The molecule has 0 radical (unpaired) electrons. The van der Waals surface area contributed by atoms with Crippen molar-refractivity contribution in [2.24, 2.45) is 41.4 Å². The maximum atomic E-state index is 14.2. The van der Waals surface area contributed by atoms with Crippen molar-refractivity contribution in [2.75, 3.05) is 0 Å². The van der Waals surface area contributed by atoms with Crippen molar-refractivity contribution in [3.63, 3.8) is 0 Å². The molecule has 4 aliphatic rings. The molecule has 0 bridgehead atoms. The van der Waals surface area contributed by atoms with Crippen molar-refractivity contribution < 1.29 is 8.78 Å². The van der Waals surface area contributed by atoms with Crippen molar-refractivity contribution in [3.05, 3.63) is 0 Å². The molecule has 0 aromatic heterocycles. The summed E-state index contributed by atoms with van der Waals surface area (Å²) in [6.07, 6.45) is 16.9. The quantitative estimate of drug-likeness (QED) is 0.465. The van der Waals surface area contributed by atoms with Crippen LogP contribution in [0.15, 0.2) is 0 Å². The van der Waals surface area contributed by atoms with Gasteiger partial charge in [-0.05, 0) is 112 Å². The predicted octanol–water partition coefficient (Wildman–Crippen LogP) is 7.90. The van der Waals surface area contributed by atoms with E-state index in [1.165, 1.54) is 77.0 Å². The van der Waals surface area contributed by atoms with E-state index in [1.54, 1.807) is 0 Å². The first-order valence-electron chi connectivity index (χ1n) is 12.4. The summed E-state index contributed by atoms with van der Waals surface area (Å²) >= 11 is 0. The van der Waals surface area contributed by atoms with Gasteiger partial charge in [-0.15, -0.1) is 0 Å². The highest BCUT2D eigenvalue weighted by atomic mass is 19.2. The lowest BCUT2D eigenvalue weighted by Gasteiger charge is -2.46.